The van der Waals surface area contributed by atoms with E-state index in [0.29, 0.717) is 27.4 Å². The number of hydrogen-bond donors (Lipinski definition) is 2. The second kappa shape index (κ2) is 9.84. The van der Waals surface area contributed by atoms with E-state index < -0.39 is 17.3 Å². The maximum absolute atomic E-state index is 12.6. The number of carboxylic acid groups (broad SMARTS) is 1. The van der Waals surface area contributed by atoms with Gasteiger partial charge in [-0.1, -0.05) is 41.6 Å². The Kier molecular flexibility index (Phi) is 7.19. The summed E-state index contributed by atoms with van der Waals surface area (Å²) in [5.41, 5.74) is 0.515. The van der Waals surface area contributed by atoms with Crippen molar-refractivity contribution in [2.75, 3.05) is 5.32 Å². The van der Waals surface area contributed by atoms with E-state index in [1.165, 1.54) is 23.9 Å². The number of benzene rings is 2. The van der Waals surface area contributed by atoms with Gasteiger partial charge in [0.15, 0.2) is 17.1 Å². The number of carbonyl (C=O) groups excluding carboxylic acids is 1. The lowest BCUT2D eigenvalue weighted by Crippen LogP contribution is -2.23. The number of aromatic nitrogens is 3. The minimum atomic E-state index is -1.06. The van der Waals surface area contributed by atoms with Gasteiger partial charge in [-0.05, 0) is 44.2 Å². The van der Waals surface area contributed by atoms with Crippen molar-refractivity contribution in [3.63, 3.8) is 0 Å². The lowest BCUT2D eigenvalue weighted by atomic mass is 10.2. The third kappa shape index (κ3) is 5.56. The number of para-hydroxylation sites is 1. The zero-order valence-corrected chi connectivity index (χ0v) is 18.6. The molecular formula is C21H21ClN4O4S. The Bertz CT molecular complexity index is 1100. The van der Waals surface area contributed by atoms with Crippen molar-refractivity contribution in [3.05, 3.63) is 64.9 Å². The van der Waals surface area contributed by atoms with Gasteiger partial charge in [0, 0.05) is 12.7 Å². The molecule has 31 heavy (non-hydrogen) atoms. The molecule has 0 fully saturated rings. The van der Waals surface area contributed by atoms with E-state index in [1.54, 1.807) is 42.8 Å². The molecule has 1 aromatic heterocycles. The fourth-order valence-electron chi connectivity index (χ4n) is 2.75. The van der Waals surface area contributed by atoms with E-state index in [2.05, 4.69) is 15.5 Å². The number of thioether (sulfide) groups is 1. The van der Waals surface area contributed by atoms with Crippen molar-refractivity contribution >= 4 is 40.9 Å². The van der Waals surface area contributed by atoms with Crippen LogP contribution in [0.1, 0.15) is 36.1 Å². The molecule has 0 spiro atoms. The van der Waals surface area contributed by atoms with Crippen molar-refractivity contribution in [2.45, 2.75) is 30.4 Å². The van der Waals surface area contributed by atoms with Crippen LogP contribution in [-0.4, -0.2) is 37.0 Å². The van der Waals surface area contributed by atoms with Crippen LogP contribution >= 0.6 is 23.4 Å². The van der Waals surface area contributed by atoms with Gasteiger partial charge in [-0.3, -0.25) is 4.79 Å². The van der Waals surface area contributed by atoms with Gasteiger partial charge in [0.05, 0.1) is 15.8 Å². The highest BCUT2D eigenvalue weighted by Gasteiger charge is 2.22. The van der Waals surface area contributed by atoms with Gasteiger partial charge in [-0.15, -0.1) is 10.2 Å². The Morgan fingerprint density at radius 3 is 2.61 bits per heavy atom. The fraction of sp³-hybridized carbons (Fsp3) is 0.238. The van der Waals surface area contributed by atoms with Crippen molar-refractivity contribution in [1.82, 2.24) is 14.8 Å². The Labute approximate surface area is 188 Å². The first kappa shape index (κ1) is 22.6. The van der Waals surface area contributed by atoms with Crippen molar-refractivity contribution in [1.29, 1.82) is 0 Å². The zero-order chi connectivity index (χ0) is 22.5. The molecule has 162 valence electrons. The molecule has 8 nitrogen and oxygen atoms in total. The molecule has 10 heteroatoms. The fourth-order valence-corrected chi connectivity index (χ4v) is 3.75. The number of halogens is 1. The summed E-state index contributed by atoms with van der Waals surface area (Å²) in [7, 11) is 1.80. The lowest BCUT2D eigenvalue weighted by Gasteiger charge is -2.16. The Morgan fingerprint density at radius 1 is 1.16 bits per heavy atom. The largest absolute Gasteiger partial charge is 0.481 e. The van der Waals surface area contributed by atoms with E-state index in [0.717, 1.165) is 0 Å². The molecule has 0 saturated heterocycles. The second-order valence-electron chi connectivity index (χ2n) is 6.73. The van der Waals surface area contributed by atoms with Crippen LogP contribution in [0.4, 0.5) is 5.69 Å². The topological polar surface area (TPSA) is 106 Å². The number of nitrogens with zero attached hydrogens (tertiary/aromatic N) is 3. The number of carboxylic acids is 1. The minimum absolute atomic E-state index is 0.101. The summed E-state index contributed by atoms with van der Waals surface area (Å²) in [5, 5.41) is 20.7. The molecule has 1 heterocycles. The van der Waals surface area contributed by atoms with Gasteiger partial charge in [-0.2, -0.15) is 0 Å². The highest BCUT2D eigenvalue weighted by molar-refractivity contribution is 8.00. The highest BCUT2D eigenvalue weighted by Crippen LogP contribution is 2.30. The van der Waals surface area contributed by atoms with Crippen LogP contribution in [0, 0.1) is 0 Å². The van der Waals surface area contributed by atoms with Gasteiger partial charge in [0.1, 0.15) is 5.75 Å². The standard InChI is InChI=1S/C21H21ClN4O4S/c1-12(30-17-10-5-4-9-16(17)22)18-24-25-21(26(18)3)31-13(2)19(27)23-15-8-6-7-14(11-15)20(28)29/h4-13H,1-3H3,(H,23,27)(H,28,29). The zero-order valence-electron chi connectivity index (χ0n) is 17.1. The van der Waals surface area contributed by atoms with E-state index in [9.17, 15) is 9.59 Å². The Balaban J connectivity index is 1.65. The third-order valence-electron chi connectivity index (χ3n) is 4.40. The molecule has 0 bridgehead atoms. The summed E-state index contributed by atoms with van der Waals surface area (Å²) < 4.78 is 7.66. The van der Waals surface area contributed by atoms with Crippen molar-refractivity contribution in [2.24, 2.45) is 7.05 Å². The monoisotopic (exact) mass is 460 g/mol. The molecular weight excluding hydrogens is 440 g/mol. The Morgan fingerprint density at radius 2 is 1.90 bits per heavy atom. The predicted molar refractivity (Wildman–Crippen MR) is 119 cm³/mol. The van der Waals surface area contributed by atoms with Crippen LogP contribution in [0.3, 0.4) is 0 Å². The van der Waals surface area contributed by atoms with E-state index in [4.69, 9.17) is 21.4 Å². The van der Waals surface area contributed by atoms with Gasteiger partial charge in [0.2, 0.25) is 5.91 Å². The predicted octanol–water partition coefficient (Wildman–Crippen LogP) is 4.43. The molecule has 0 aliphatic heterocycles. The molecule has 0 radical (unpaired) electrons. The Hall–Kier alpha value is -3.04. The molecule has 2 unspecified atom stereocenters. The quantitative estimate of drug-likeness (QED) is 0.479. The van der Waals surface area contributed by atoms with Crippen LogP contribution in [0.15, 0.2) is 53.7 Å². The number of nitrogens with one attached hydrogen (secondary N) is 1. The number of hydrogen-bond acceptors (Lipinski definition) is 6. The van der Waals surface area contributed by atoms with Gasteiger partial charge < -0.3 is 19.7 Å². The average molecular weight is 461 g/mol. The smallest absolute Gasteiger partial charge is 0.335 e. The first-order valence-corrected chi connectivity index (χ1v) is 10.6. The number of anilines is 1. The van der Waals surface area contributed by atoms with Crippen LogP contribution in [-0.2, 0) is 11.8 Å². The van der Waals surface area contributed by atoms with E-state index >= 15 is 0 Å². The first-order chi connectivity index (χ1) is 14.8. The molecule has 3 rings (SSSR count). The summed E-state index contributed by atoms with van der Waals surface area (Å²) in [5.74, 6) is -0.204. The molecule has 2 aromatic carbocycles. The third-order valence-corrected chi connectivity index (χ3v) is 5.85. The van der Waals surface area contributed by atoms with E-state index in [-0.39, 0.29) is 11.5 Å². The molecule has 2 atom stereocenters. The van der Waals surface area contributed by atoms with Crippen molar-refractivity contribution in [3.8, 4) is 5.75 Å². The normalized spacial score (nSPS) is 12.8. The van der Waals surface area contributed by atoms with Gasteiger partial charge in [0.25, 0.3) is 0 Å². The summed E-state index contributed by atoms with van der Waals surface area (Å²) in [6, 6.07) is 13.3. The van der Waals surface area contributed by atoms with Crippen LogP contribution in [0.5, 0.6) is 5.75 Å². The SMILES string of the molecule is CC(Sc1nnc(C(C)Oc2ccccc2Cl)n1C)C(=O)Nc1cccc(C(=O)O)c1. The highest BCUT2D eigenvalue weighted by atomic mass is 35.5. The van der Waals surface area contributed by atoms with Crippen LogP contribution in [0.2, 0.25) is 5.02 Å². The van der Waals surface area contributed by atoms with Crippen LogP contribution < -0.4 is 10.1 Å². The molecule has 0 aliphatic carbocycles. The molecule has 2 N–H and O–H groups in total. The number of ether oxygens (including phenoxy) is 1. The first-order valence-electron chi connectivity index (χ1n) is 9.37. The number of amides is 1. The van der Waals surface area contributed by atoms with Gasteiger partial charge >= 0.3 is 5.97 Å². The molecule has 3 aromatic rings. The van der Waals surface area contributed by atoms with E-state index in [1.807, 2.05) is 19.1 Å². The average Bonchev–Trinajstić information content (AvgIpc) is 3.10. The molecule has 0 saturated carbocycles. The summed E-state index contributed by atoms with van der Waals surface area (Å²) in [6.07, 6.45) is -0.408. The van der Waals surface area contributed by atoms with Gasteiger partial charge in [-0.25, -0.2) is 4.79 Å². The minimum Gasteiger partial charge on any atom is -0.481 e. The number of rotatable bonds is 8. The summed E-state index contributed by atoms with van der Waals surface area (Å²) in [4.78, 5) is 23.6. The summed E-state index contributed by atoms with van der Waals surface area (Å²) in [6.45, 7) is 3.58. The summed E-state index contributed by atoms with van der Waals surface area (Å²) >= 11 is 7.38. The maximum atomic E-state index is 12.6. The molecule has 1 amide bonds. The second-order valence-corrected chi connectivity index (χ2v) is 8.44. The lowest BCUT2D eigenvalue weighted by molar-refractivity contribution is -0.115. The molecule has 0 aliphatic rings. The number of aromatic carboxylic acids is 1. The number of carbonyl (C=O) groups is 2. The maximum Gasteiger partial charge on any atom is 0.335 e. The van der Waals surface area contributed by atoms with Crippen LogP contribution in [0.25, 0.3) is 0 Å². The van der Waals surface area contributed by atoms with Crippen molar-refractivity contribution < 1.29 is 19.4 Å².